The number of hydrazine groups is 3. The lowest BCUT2D eigenvalue weighted by molar-refractivity contribution is -0.0479. The van der Waals surface area contributed by atoms with Crippen LogP contribution in [0.3, 0.4) is 0 Å². The first-order valence-electron chi connectivity index (χ1n) is 9.31. The molecule has 4 aliphatic rings. The Kier molecular flexibility index (Phi) is 5.15. The average Bonchev–Trinajstić information content (AvgIpc) is 3.16. The van der Waals surface area contributed by atoms with E-state index in [0.717, 1.165) is 52.0 Å². The highest BCUT2D eigenvalue weighted by atomic mass is 16.5. The summed E-state index contributed by atoms with van der Waals surface area (Å²) in [6.07, 6.45) is 6.23. The molecule has 7 nitrogen and oxygen atoms in total. The Morgan fingerprint density at radius 1 is 1.04 bits per heavy atom. The van der Waals surface area contributed by atoms with Crippen molar-refractivity contribution < 1.29 is 9.47 Å². The first-order valence-corrected chi connectivity index (χ1v) is 9.31. The van der Waals surface area contributed by atoms with Crippen molar-refractivity contribution in [1.29, 1.82) is 0 Å². The molecule has 23 heavy (non-hydrogen) atoms. The van der Waals surface area contributed by atoms with Crippen molar-refractivity contribution in [3.8, 4) is 0 Å². The first kappa shape index (κ1) is 16.2. The molecule has 4 rings (SSSR count). The Bertz CT molecular complexity index is 399. The summed E-state index contributed by atoms with van der Waals surface area (Å²) < 4.78 is 12.1. The van der Waals surface area contributed by atoms with E-state index in [2.05, 4.69) is 33.7 Å². The van der Waals surface area contributed by atoms with Gasteiger partial charge in [0.15, 0.2) is 0 Å². The second-order valence-corrected chi connectivity index (χ2v) is 7.47. The van der Waals surface area contributed by atoms with Crippen LogP contribution in [0.25, 0.3) is 0 Å². The molecule has 4 N–H and O–H groups in total. The maximum Gasteiger partial charge on any atom is 0.0583 e. The monoisotopic (exact) mass is 325 g/mol. The van der Waals surface area contributed by atoms with Gasteiger partial charge in [-0.2, -0.15) is 5.12 Å². The fraction of sp³-hybridized carbons (Fsp3) is 1.00. The third kappa shape index (κ3) is 3.71. The van der Waals surface area contributed by atoms with E-state index in [0.29, 0.717) is 36.3 Å². The maximum absolute atomic E-state index is 6.32. The molecule has 4 fully saturated rings. The van der Waals surface area contributed by atoms with Crippen molar-refractivity contribution in [2.45, 2.75) is 69.4 Å². The molecule has 1 aliphatic carbocycles. The van der Waals surface area contributed by atoms with Gasteiger partial charge < -0.3 is 9.47 Å². The smallest absolute Gasteiger partial charge is 0.0583 e. The standard InChI is InChI=1S/C16H31N5O2/c1-11-5-8-22-7-2-6-21-17-10-15(20-21)16-13-9-12(23-11)3-4-14(13)18-19-16/h11-20H,2-10H2,1H3/t11-,12?,13?,14?,15?,16?/m0/s1. The predicted octanol–water partition coefficient (Wildman–Crippen LogP) is -0.0910. The highest BCUT2D eigenvalue weighted by Crippen LogP contribution is 2.34. The molecule has 4 bridgehead atoms. The zero-order chi connectivity index (χ0) is 15.6. The molecule has 0 radical (unpaired) electrons. The largest absolute Gasteiger partial charge is 0.381 e. The van der Waals surface area contributed by atoms with E-state index in [9.17, 15) is 0 Å². The molecule has 0 spiro atoms. The second-order valence-electron chi connectivity index (χ2n) is 7.47. The molecule has 0 aromatic rings. The van der Waals surface area contributed by atoms with Gasteiger partial charge in [-0.25, -0.2) is 10.9 Å². The van der Waals surface area contributed by atoms with Crippen LogP contribution >= 0.6 is 0 Å². The van der Waals surface area contributed by atoms with Crippen LogP contribution in [-0.4, -0.2) is 61.8 Å². The predicted molar refractivity (Wildman–Crippen MR) is 87.2 cm³/mol. The van der Waals surface area contributed by atoms with E-state index in [1.165, 1.54) is 6.42 Å². The Balaban J connectivity index is 1.45. The van der Waals surface area contributed by atoms with E-state index in [4.69, 9.17) is 9.47 Å². The van der Waals surface area contributed by atoms with Crippen LogP contribution in [-0.2, 0) is 9.47 Å². The van der Waals surface area contributed by atoms with Crippen LogP contribution in [0.5, 0.6) is 0 Å². The lowest BCUT2D eigenvalue weighted by Gasteiger charge is -2.35. The van der Waals surface area contributed by atoms with Gasteiger partial charge >= 0.3 is 0 Å². The van der Waals surface area contributed by atoms with Crippen LogP contribution < -0.4 is 21.7 Å². The Hall–Kier alpha value is -0.280. The minimum Gasteiger partial charge on any atom is -0.381 e. The summed E-state index contributed by atoms with van der Waals surface area (Å²) >= 11 is 0. The van der Waals surface area contributed by atoms with E-state index in [-0.39, 0.29) is 0 Å². The lowest BCUT2D eigenvalue weighted by atomic mass is 9.78. The number of fused-ring (bicyclic) bond motifs is 4. The van der Waals surface area contributed by atoms with Crippen molar-refractivity contribution in [2.75, 3.05) is 26.3 Å². The fourth-order valence-electron chi connectivity index (χ4n) is 4.50. The van der Waals surface area contributed by atoms with Gasteiger partial charge in [0.1, 0.15) is 0 Å². The molecule has 3 saturated heterocycles. The SMILES string of the molecule is C[C@H]1CCOCCCN2NCC(N2)C2NNC3CCC(CC32)O1. The molecule has 6 unspecified atom stereocenters. The number of rotatable bonds is 0. The van der Waals surface area contributed by atoms with Gasteiger partial charge in [-0.05, 0) is 44.9 Å². The minimum atomic E-state index is 0.294. The molecule has 3 aliphatic heterocycles. The second kappa shape index (κ2) is 7.31. The lowest BCUT2D eigenvalue weighted by Crippen LogP contribution is -2.51. The molecule has 132 valence electrons. The van der Waals surface area contributed by atoms with Crippen LogP contribution in [0.4, 0.5) is 0 Å². The Labute approximate surface area is 138 Å². The van der Waals surface area contributed by atoms with Gasteiger partial charge in [-0.3, -0.25) is 10.9 Å². The molecule has 7 atom stereocenters. The number of hydrogen-bond donors (Lipinski definition) is 4. The van der Waals surface area contributed by atoms with Crippen molar-refractivity contribution >= 4 is 0 Å². The Morgan fingerprint density at radius 3 is 2.96 bits per heavy atom. The average molecular weight is 325 g/mol. The molecule has 0 amide bonds. The third-order valence-corrected chi connectivity index (χ3v) is 5.77. The van der Waals surface area contributed by atoms with E-state index in [1.807, 2.05) is 0 Å². The van der Waals surface area contributed by atoms with Crippen molar-refractivity contribution in [1.82, 2.24) is 26.8 Å². The normalized spacial score (nSPS) is 48.7. The van der Waals surface area contributed by atoms with Gasteiger partial charge in [0.25, 0.3) is 0 Å². The molecule has 7 heteroatoms. The molecular weight excluding hydrogens is 294 g/mol. The van der Waals surface area contributed by atoms with Gasteiger partial charge in [0, 0.05) is 38.4 Å². The molecular formula is C16H31N5O2. The summed E-state index contributed by atoms with van der Waals surface area (Å²) in [4.78, 5) is 0. The summed E-state index contributed by atoms with van der Waals surface area (Å²) in [5.41, 5.74) is 14.2. The van der Waals surface area contributed by atoms with Crippen LogP contribution in [0, 0.1) is 5.92 Å². The van der Waals surface area contributed by atoms with Gasteiger partial charge in [0.05, 0.1) is 18.2 Å². The minimum absolute atomic E-state index is 0.294. The van der Waals surface area contributed by atoms with Crippen LogP contribution in [0.15, 0.2) is 0 Å². The van der Waals surface area contributed by atoms with E-state index in [1.54, 1.807) is 0 Å². The molecule has 0 aromatic carbocycles. The summed E-state index contributed by atoms with van der Waals surface area (Å²) in [5.74, 6) is 0.640. The first-order chi connectivity index (χ1) is 11.3. The maximum atomic E-state index is 6.32. The van der Waals surface area contributed by atoms with Crippen molar-refractivity contribution in [2.24, 2.45) is 5.92 Å². The zero-order valence-electron chi connectivity index (χ0n) is 14.1. The fourth-order valence-corrected chi connectivity index (χ4v) is 4.50. The van der Waals surface area contributed by atoms with Gasteiger partial charge in [-0.15, -0.1) is 0 Å². The number of hydrogen-bond acceptors (Lipinski definition) is 7. The van der Waals surface area contributed by atoms with Crippen LogP contribution in [0.1, 0.15) is 39.0 Å². The van der Waals surface area contributed by atoms with Crippen molar-refractivity contribution in [3.63, 3.8) is 0 Å². The zero-order valence-corrected chi connectivity index (χ0v) is 14.1. The third-order valence-electron chi connectivity index (χ3n) is 5.77. The van der Waals surface area contributed by atoms with Crippen LogP contribution in [0.2, 0.25) is 0 Å². The summed E-state index contributed by atoms with van der Waals surface area (Å²) in [6, 6.07) is 1.48. The number of nitrogens with zero attached hydrogens (tertiary/aromatic N) is 1. The molecule has 1 saturated carbocycles. The van der Waals surface area contributed by atoms with E-state index >= 15 is 0 Å². The molecule has 3 heterocycles. The van der Waals surface area contributed by atoms with Crippen molar-refractivity contribution in [3.05, 3.63) is 0 Å². The number of ether oxygens (including phenoxy) is 2. The van der Waals surface area contributed by atoms with Gasteiger partial charge in [0.2, 0.25) is 0 Å². The highest BCUT2D eigenvalue weighted by molar-refractivity contribution is 5.02. The molecule has 0 aromatic heterocycles. The summed E-state index contributed by atoms with van der Waals surface area (Å²) in [5, 5.41) is 2.14. The summed E-state index contributed by atoms with van der Waals surface area (Å²) in [6.45, 7) is 5.75. The topological polar surface area (TPSA) is 69.8 Å². The quantitative estimate of drug-likeness (QED) is 0.496. The highest BCUT2D eigenvalue weighted by Gasteiger charge is 2.45. The van der Waals surface area contributed by atoms with Gasteiger partial charge in [-0.1, -0.05) is 0 Å². The number of nitrogens with one attached hydrogen (secondary N) is 4. The summed E-state index contributed by atoms with van der Waals surface area (Å²) in [7, 11) is 0. The Morgan fingerprint density at radius 2 is 2.00 bits per heavy atom. The van der Waals surface area contributed by atoms with E-state index < -0.39 is 0 Å².